The smallest absolute Gasteiger partial charge is 0.206 e. The first-order valence-electron chi connectivity index (χ1n) is 5.37. The van der Waals surface area contributed by atoms with Gasteiger partial charge in [0.15, 0.2) is 0 Å². The number of rotatable bonds is 2. The SMILES string of the molecule is NN=Nc1n[nH]c2c1C=C(c1ccccc1)NN2. The van der Waals surface area contributed by atoms with Gasteiger partial charge in [-0.25, -0.2) is 0 Å². The number of hydrogen-bond donors (Lipinski definition) is 4. The first-order valence-corrected chi connectivity index (χ1v) is 5.37. The van der Waals surface area contributed by atoms with Crippen LogP contribution in [0.5, 0.6) is 0 Å². The molecular formula is C11H11N7. The number of nitrogens with one attached hydrogen (secondary N) is 3. The first-order chi connectivity index (χ1) is 8.88. The summed E-state index contributed by atoms with van der Waals surface area (Å²) in [5, 5.41) is 13.8. The molecule has 0 spiro atoms. The van der Waals surface area contributed by atoms with Crippen LogP contribution in [0, 0.1) is 0 Å². The molecule has 0 bridgehead atoms. The minimum Gasteiger partial charge on any atom is -0.305 e. The van der Waals surface area contributed by atoms with Gasteiger partial charge in [-0.2, -0.15) is 5.10 Å². The van der Waals surface area contributed by atoms with Crippen molar-refractivity contribution < 1.29 is 0 Å². The Kier molecular flexibility index (Phi) is 2.41. The van der Waals surface area contributed by atoms with Crippen LogP contribution in [0.25, 0.3) is 11.8 Å². The minimum atomic E-state index is 0.454. The molecule has 90 valence electrons. The van der Waals surface area contributed by atoms with Crippen molar-refractivity contribution >= 4 is 23.4 Å². The maximum atomic E-state index is 5.05. The van der Waals surface area contributed by atoms with E-state index in [1.165, 1.54) is 0 Å². The summed E-state index contributed by atoms with van der Waals surface area (Å²) in [6.07, 6.45) is 1.94. The second kappa shape index (κ2) is 4.21. The first kappa shape index (κ1) is 10.3. The maximum Gasteiger partial charge on any atom is 0.206 e. The van der Waals surface area contributed by atoms with E-state index in [9.17, 15) is 0 Å². The summed E-state index contributed by atoms with van der Waals surface area (Å²) in [6, 6.07) is 9.94. The lowest BCUT2D eigenvalue weighted by Gasteiger charge is -2.17. The van der Waals surface area contributed by atoms with Crippen LogP contribution in [0.1, 0.15) is 11.1 Å². The van der Waals surface area contributed by atoms with E-state index < -0.39 is 0 Å². The Morgan fingerprint density at radius 3 is 2.72 bits per heavy atom. The number of H-pyrrole nitrogens is 1. The molecule has 0 unspecified atom stereocenters. The topological polar surface area (TPSA) is 103 Å². The van der Waals surface area contributed by atoms with E-state index in [1.54, 1.807) is 0 Å². The van der Waals surface area contributed by atoms with Crippen molar-refractivity contribution in [3.8, 4) is 0 Å². The lowest BCUT2D eigenvalue weighted by Crippen LogP contribution is -2.23. The van der Waals surface area contributed by atoms with Crippen molar-refractivity contribution in [3.05, 3.63) is 41.5 Å². The molecule has 2 heterocycles. The predicted molar refractivity (Wildman–Crippen MR) is 68.4 cm³/mol. The average molecular weight is 241 g/mol. The van der Waals surface area contributed by atoms with Gasteiger partial charge in [-0.05, 0) is 11.6 Å². The van der Waals surface area contributed by atoms with Gasteiger partial charge in [-0.3, -0.25) is 16.0 Å². The summed E-state index contributed by atoms with van der Waals surface area (Å²) in [4.78, 5) is 0. The summed E-state index contributed by atoms with van der Waals surface area (Å²) < 4.78 is 0. The molecule has 7 heteroatoms. The standard InChI is InChI=1S/C11H11N7/c12-18-17-11-8-6-9(7-4-2-1-3-5-7)13-14-10(8)15-16-11/h1-6,13H,(H4,12,14,15,16,17). The number of nitrogens with zero attached hydrogens (tertiary/aromatic N) is 3. The van der Waals surface area contributed by atoms with Crippen LogP contribution < -0.4 is 16.7 Å². The molecule has 0 radical (unpaired) electrons. The number of hydrogen-bond acceptors (Lipinski definition) is 5. The molecule has 3 rings (SSSR count). The van der Waals surface area contributed by atoms with Crippen LogP contribution in [-0.4, -0.2) is 10.2 Å². The van der Waals surface area contributed by atoms with Gasteiger partial charge in [-0.15, -0.1) is 5.11 Å². The largest absolute Gasteiger partial charge is 0.305 e. The molecule has 1 aromatic carbocycles. The normalized spacial score (nSPS) is 13.7. The molecule has 0 saturated carbocycles. The number of hydrazine groups is 1. The van der Waals surface area contributed by atoms with E-state index in [1.807, 2.05) is 36.4 Å². The number of aromatic nitrogens is 2. The van der Waals surface area contributed by atoms with Crippen molar-refractivity contribution in [1.82, 2.24) is 15.6 Å². The number of benzene rings is 1. The lowest BCUT2D eigenvalue weighted by atomic mass is 10.1. The van der Waals surface area contributed by atoms with E-state index in [4.69, 9.17) is 5.84 Å². The van der Waals surface area contributed by atoms with Crippen LogP contribution in [0.4, 0.5) is 11.6 Å². The molecule has 0 saturated heterocycles. The van der Waals surface area contributed by atoms with Crippen LogP contribution in [-0.2, 0) is 0 Å². The van der Waals surface area contributed by atoms with E-state index in [2.05, 4.69) is 31.4 Å². The van der Waals surface area contributed by atoms with Crippen molar-refractivity contribution in [2.24, 2.45) is 16.2 Å². The molecule has 7 nitrogen and oxygen atoms in total. The highest BCUT2D eigenvalue weighted by Gasteiger charge is 2.17. The summed E-state index contributed by atoms with van der Waals surface area (Å²) in [5.41, 5.74) is 8.91. The maximum absolute atomic E-state index is 5.05. The van der Waals surface area contributed by atoms with E-state index in [-0.39, 0.29) is 0 Å². The van der Waals surface area contributed by atoms with Gasteiger partial charge in [0, 0.05) is 0 Å². The minimum absolute atomic E-state index is 0.454. The fourth-order valence-electron chi connectivity index (χ4n) is 1.79. The van der Waals surface area contributed by atoms with Crippen LogP contribution in [0.15, 0.2) is 40.7 Å². The molecule has 18 heavy (non-hydrogen) atoms. The molecule has 2 aromatic rings. The van der Waals surface area contributed by atoms with E-state index in [0.717, 1.165) is 22.6 Å². The Balaban J connectivity index is 2.05. The Bertz CT molecular complexity index is 612. The highest BCUT2D eigenvalue weighted by atomic mass is 15.4. The number of fused-ring (bicyclic) bond motifs is 1. The predicted octanol–water partition coefficient (Wildman–Crippen LogP) is 1.80. The molecule has 1 aliphatic rings. The van der Waals surface area contributed by atoms with Gasteiger partial charge in [0.05, 0.1) is 11.3 Å². The summed E-state index contributed by atoms with van der Waals surface area (Å²) in [6.45, 7) is 0. The molecule has 0 aliphatic carbocycles. The highest BCUT2D eigenvalue weighted by Crippen LogP contribution is 2.30. The molecule has 0 atom stereocenters. The van der Waals surface area contributed by atoms with Crippen molar-refractivity contribution in [2.75, 3.05) is 5.43 Å². The number of nitrogens with two attached hydrogens (primary N) is 1. The Hall–Kier alpha value is -2.83. The summed E-state index contributed by atoms with van der Waals surface area (Å²) in [5.74, 6) is 6.23. The van der Waals surface area contributed by atoms with Crippen LogP contribution >= 0.6 is 0 Å². The number of anilines is 1. The zero-order valence-electron chi connectivity index (χ0n) is 9.38. The molecule has 5 N–H and O–H groups in total. The summed E-state index contributed by atoms with van der Waals surface area (Å²) in [7, 11) is 0. The van der Waals surface area contributed by atoms with Gasteiger partial charge < -0.3 is 5.84 Å². The van der Waals surface area contributed by atoms with Crippen LogP contribution in [0.3, 0.4) is 0 Å². The van der Waals surface area contributed by atoms with Gasteiger partial charge in [0.1, 0.15) is 5.82 Å². The van der Waals surface area contributed by atoms with E-state index >= 15 is 0 Å². The average Bonchev–Trinajstić information content (AvgIpc) is 2.83. The van der Waals surface area contributed by atoms with Gasteiger partial charge in [0.2, 0.25) is 5.82 Å². The van der Waals surface area contributed by atoms with Gasteiger partial charge >= 0.3 is 0 Å². The third-order valence-electron chi connectivity index (χ3n) is 2.63. The molecule has 1 aliphatic heterocycles. The second-order valence-electron chi connectivity index (χ2n) is 3.73. The monoisotopic (exact) mass is 241 g/mol. The van der Waals surface area contributed by atoms with Crippen LogP contribution in [0.2, 0.25) is 0 Å². The van der Waals surface area contributed by atoms with E-state index in [0.29, 0.717) is 5.82 Å². The zero-order valence-corrected chi connectivity index (χ0v) is 9.38. The van der Waals surface area contributed by atoms with Crippen molar-refractivity contribution in [1.29, 1.82) is 0 Å². The Labute approximate surface area is 103 Å². The molecule has 1 aromatic heterocycles. The van der Waals surface area contributed by atoms with Gasteiger partial charge in [-0.1, -0.05) is 35.6 Å². The molecule has 0 fully saturated rings. The quantitative estimate of drug-likeness (QED) is 0.365. The third kappa shape index (κ3) is 1.67. The fraction of sp³-hybridized carbons (Fsp3) is 0. The Morgan fingerprint density at radius 2 is 1.94 bits per heavy atom. The Morgan fingerprint density at radius 1 is 1.11 bits per heavy atom. The van der Waals surface area contributed by atoms with Gasteiger partial charge in [0.25, 0.3) is 0 Å². The fourth-order valence-corrected chi connectivity index (χ4v) is 1.79. The van der Waals surface area contributed by atoms with Crippen molar-refractivity contribution in [2.45, 2.75) is 0 Å². The third-order valence-corrected chi connectivity index (χ3v) is 2.63. The number of aromatic amines is 1. The summed E-state index contributed by atoms with van der Waals surface area (Å²) >= 11 is 0. The zero-order chi connectivity index (χ0) is 12.4. The lowest BCUT2D eigenvalue weighted by molar-refractivity contribution is 0.989. The highest BCUT2D eigenvalue weighted by molar-refractivity contribution is 5.89. The van der Waals surface area contributed by atoms with Crippen molar-refractivity contribution in [3.63, 3.8) is 0 Å². The molecule has 0 amide bonds. The second-order valence-corrected chi connectivity index (χ2v) is 3.73. The molecular weight excluding hydrogens is 230 g/mol.